The Morgan fingerprint density at radius 1 is 1.19 bits per heavy atom. The lowest BCUT2D eigenvalue weighted by Gasteiger charge is -2.10. The Bertz CT molecular complexity index is 586. The van der Waals surface area contributed by atoms with Crippen LogP contribution in [-0.2, 0) is 21.2 Å². The molecule has 1 aromatic rings. The molecule has 0 spiro atoms. The number of nitrogens with one attached hydrogen (secondary N) is 2. The van der Waals surface area contributed by atoms with Gasteiger partial charge in [0, 0.05) is 6.54 Å². The monoisotopic (exact) mass is 316 g/mol. The largest absolute Gasteiger partial charge is 0.493 e. The van der Waals surface area contributed by atoms with Crippen LogP contribution in [0.25, 0.3) is 0 Å². The highest BCUT2D eigenvalue weighted by molar-refractivity contribution is 7.88. The van der Waals surface area contributed by atoms with E-state index in [-0.39, 0.29) is 12.5 Å². The smallest absolute Gasteiger partial charge is 0.235 e. The van der Waals surface area contributed by atoms with Gasteiger partial charge in [0.15, 0.2) is 11.5 Å². The highest BCUT2D eigenvalue weighted by Gasteiger charge is 2.07. The predicted molar refractivity (Wildman–Crippen MR) is 79.1 cm³/mol. The Balaban J connectivity index is 2.44. The van der Waals surface area contributed by atoms with Crippen LogP contribution in [0.1, 0.15) is 5.56 Å². The van der Waals surface area contributed by atoms with Crippen LogP contribution in [0, 0.1) is 0 Å². The van der Waals surface area contributed by atoms with Crippen LogP contribution in [0.15, 0.2) is 18.2 Å². The van der Waals surface area contributed by atoms with Gasteiger partial charge in [0.2, 0.25) is 15.9 Å². The number of hydrogen-bond donors (Lipinski definition) is 2. The summed E-state index contributed by atoms with van der Waals surface area (Å²) in [4.78, 5) is 11.4. The zero-order valence-electron chi connectivity index (χ0n) is 12.3. The number of sulfonamides is 1. The van der Waals surface area contributed by atoms with E-state index in [1.165, 1.54) is 0 Å². The Hall–Kier alpha value is -1.80. The zero-order chi connectivity index (χ0) is 15.9. The molecule has 0 radical (unpaired) electrons. The molecule has 1 aromatic carbocycles. The molecule has 7 nitrogen and oxygen atoms in total. The molecule has 0 bridgehead atoms. The first-order valence-corrected chi connectivity index (χ1v) is 8.17. The molecule has 0 aliphatic heterocycles. The number of ether oxygens (including phenoxy) is 2. The fourth-order valence-corrected chi connectivity index (χ4v) is 2.03. The normalized spacial score (nSPS) is 11.0. The van der Waals surface area contributed by atoms with Crippen molar-refractivity contribution in [2.45, 2.75) is 6.42 Å². The first kappa shape index (κ1) is 17.3. The van der Waals surface area contributed by atoms with Crippen LogP contribution in [-0.4, -0.2) is 47.9 Å². The molecule has 8 heteroatoms. The highest BCUT2D eigenvalue weighted by Crippen LogP contribution is 2.27. The number of hydrogen-bond acceptors (Lipinski definition) is 5. The average molecular weight is 316 g/mol. The summed E-state index contributed by atoms with van der Waals surface area (Å²) >= 11 is 0. The Kier molecular flexibility index (Phi) is 6.44. The van der Waals surface area contributed by atoms with Crippen LogP contribution in [0.3, 0.4) is 0 Å². The van der Waals surface area contributed by atoms with Crippen molar-refractivity contribution < 1.29 is 22.7 Å². The lowest BCUT2D eigenvalue weighted by Crippen LogP contribution is -2.37. The summed E-state index contributed by atoms with van der Waals surface area (Å²) in [5.74, 6) is 0.892. The van der Waals surface area contributed by atoms with Gasteiger partial charge in [0.25, 0.3) is 0 Å². The number of rotatable bonds is 8. The van der Waals surface area contributed by atoms with E-state index in [9.17, 15) is 13.2 Å². The van der Waals surface area contributed by atoms with Gasteiger partial charge in [-0.05, 0) is 24.1 Å². The lowest BCUT2D eigenvalue weighted by molar-refractivity contribution is -0.119. The van der Waals surface area contributed by atoms with E-state index in [1.807, 2.05) is 12.1 Å². The van der Waals surface area contributed by atoms with Crippen molar-refractivity contribution in [3.8, 4) is 11.5 Å². The average Bonchev–Trinajstić information content (AvgIpc) is 2.44. The molecule has 0 unspecified atom stereocenters. The van der Waals surface area contributed by atoms with Gasteiger partial charge in [-0.3, -0.25) is 4.79 Å². The molecule has 0 heterocycles. The van der Waals surface area contributed by atoms with E-state index in [4.69, 9.17) is 9.47 Å². The van der Waals surface area contributed by atoms with E-state index in [0.29, 0.717) is 24.5 Å². The molecule has 2 N–H and O–H groups in total. The standard InChI is InChI=1S/C13H20N2O5S/c1-19-11-5-4-10(8-12(11)20-2)6-7-14-13(16)9-15-21(3,17)18/h4-5,8,15H,6-7,9H2,1-3H3,(H,14,16). The van der Waals surface area contributed by atoms with Crippen molar-refractivity contribution in [3.63, 3.8) is 0 Å². The van der Waals surface area contributed by atoms with E-state index >= 15 is 0 Å². The van der Waals surface area contributed by atoms with Crippen molar-refractivity contribution in [1.29, 1.82) is 0 Å². The van der Waals surface area contributed by atoms with Gasteiger partial charge in [-0.15, -0.1) is 0 Å². The minimum Gasteiger partial charge on any atom is -0.493 e. The quantitative estimate of drug-likeness (QED) is 0.699. The second-order valence-corrected chi connectivity index (χ2v) is 6.22. The highest BCUT2D eigenvalue weighted by atomic mass is 32.2. The number of methoxy groups -OCH3 is 2. The van der Waals surface area contributed by atoms with Crippen molar-refractivity contribution in [3.05, 3.63) is 23.8 Å². The molecule has 0 atom stereocenters. The van der Waals surface area contributed by atoms with Crippen LogP contribution in [0.4, 0.5) is 0 Å². The van der Waals surface area contributed by atoms with Crippen LogP contribution >= 0.6 is 0 Å². The number of amides is 1. The van der Waals surface area contributed by atoms with Gasteiger partial charge in [-0.25, -0.2) is 13.1 Å². The van der Waals surface area contributed by atoms with Crippen molar-refractivity contribution >= 4 is 15.9 Å². The zero-order valence-corrected chi connectivity index (χ0v) is 13.1. The van der Waals surface area contributed by atoms with Gasteiger partial charge in [-0.2, -0.15) is 0 Å². The maximum atomic E-state index is 11.4. The van der Waals surface area contributed by atoms with Crippen molar-refractivity contribution in [2.75, 3.05) is 33.6 Å². The SMILES string of the molecule is COc1ccc(CCNC(=O)CNS(C)(=O)=O)cc1OC. The van der Waals surface area contributed by atoms with Gasteiger partial charge in [0.1, 0.15) is 0 Å². The van der Waals surface area contributed by atoms with Gasteiger partial charge < -0.3 is 14.8 Å². The minimum absolute atomic E-state index is 0.259. The van der Waals surface area contributed by atoms with Crippen LogP contribution in [0.5, 0.6) is 11.5 Å². The Morgan fingerprint density at radius 3 is 2.43 bits per heavy atom. The molecule has 0 saturated carbocycles. The summed E-state index contributed by atoms with van der Waals surface area (Å²) in [6, 6.07) is 5.50. The third kappa shape index (κ3) is 6.46. The maximum absolute atomic E-state index is 11.4. The van der Waals surface area contributed by atoms with Gasteiger partial charge in [-0.1, -0.05) is 6.07 Å². The molecule has 1 amide bonds. The summed E-state index contributed by atoms with van der Waals surface area (Å²) in [5, 5.41) is 2.63. The van der Waals surface area contributed by atoms with Crippen LogP contribution < -0.4 is 19.5 Å². The molecule has 0 saturated heterocycles. The number of benzene rings is 1. The topological polar surface area (TPSA) is 93.7 Å². The lowest BCUT2D eigenvalue weighted by atomic mass is 10.1. The molecule has 118 valence electrons. The summed E-state index contributed by atoms with van der Waals surface area (Å²) in [6.07, 6.45) is 1.61. The number of carbonyl (C=O) groups excluding carboxylic acids is 1. The molecule has 0 aliphatic carbocycles. The Labute approximate surface area is 124 Å². The minimum atomic E-state index is -3.35. The summed E-state index contributed by atoms with van der Waals surface area (Å²) in [7, 11) is -0.237. The summed E-state index contributed by atoms with van der Waals surface area (Å²) < 4.78 is 34.1. The number of carbonyl (C=O) groups is 1. The van der Waals surface area contributed by atoms with E-state index in [2.05, 4.69) is 10.0 Å². The second kappa shape index (κ2) is 7.84. The first-order chi connectivity index (χ1) is 9.85. The third-order valence-electron chi connectivity index (χ3n) is 2.68. The van der Waals surface area contributed by atoms with E-state index in [1.54, 1.807) is 20.3 Å². The van der Waals surface area contributed by atoms with Gasteiger partial charge in [0.05, 0.1) is 27.0 Å². The van der Waals surface area contributed by atoms with Crippen molar-refractivity contribution in [1.82, 2.24) is 10.0 Å². The summed E-state index contributed by atoms with van der Waals surface area (Å²) in [5.41, 5.74) is 0.976. The summed E-state index contributed by atoms with van der Waals surface area (Å²) in [6.45, 7) is 0.143. The van der Waals surface area contributed by atoms with Gasteiger partial charge >= 0.3 is 0 Å². The van der Waals surface area contributed by atoms with Crippen molar-refractivity contribution in [2.24, 2.45) is 0 Å². The van der Waals surface area contributed by atoms with E-state index < -0.39 is 10.0 Å². The van der Waals surface area contributed by atoms with E-state index in [0.717, 1.165) is 11.8 Å². The maximum Gasteiger partial charge on any atom is 0.235 e. The fraction of sp³-hybridized carbons (Fsp3) is 0.462. The molecular formula is C13H20N2O5S. The first-order valence-electron chi connectivity index (χ1n) is 6.28. The molecule has 0 aliphatic rings. The molecule has 21 heavy (non-hydrogen) atoms. The second-order valence-electron chi connectivity index (χ2n) is 4.38. The predicted octanol–water partition coefficient (Wildman–Crippen LogP) is -0.0883. The molecule has 0 aromatic heterocycles. The fourth-order valence-electron chi connectivity index (χ4n) is 1.64. The molecule has 1 rings (SSSR count). The third-order valence-corrected chi connectivity index (χ3v) is 3.35. The Morgan fingerprint density at radius 2 is 1.86 bits per heavy atom. The molecule has 0 fully saturated rings. The molecular weight excluding hydrogens is 296 g/mol. The van der Waals surface area contributed by atoms with Crippen LogP contribution in [0.2, 0.25) is 0 Å².